The van der Waals surface area contributed by atoms with Gasteiger partial charge >= 0.3 is 0 Å². The van der Waals surface area contributed by atoms with E-state index in [2.05, 4.69) is 27.9 Å². The number of guanidine groups is 1. The van der Waals surface area contributed by atoms with E-state index in [-0.39, 0.29) is 18.1 Å². The normalized spacial score (nSPS) is 18.7. The maximum Gasteiger partial charge on any atom is 0.251 e. The molecule has 1 saturated heterocycles. The number of nitrogens with one attached hydrogen (secondary N) is 3. The maximum absolute atomic E-state index is 12.2. The van der Waals surface area contributed by atoms with Crippen LogP contribution in [0.5, 0.6) is 0 Å². The Morgan fingerprint density at radius 1 is 1.40 bits per heavy atom. The first-order valence-corrected chi connectivity index (χ1v) is 9.08. The molecule has 1 aromatic carbocycles. The second-order valence-corrected chi connectivity index (χ2v) is 6.42. The first-order valence-electron chi connectivity index (χ1n) is 9.08. The molecule has 0 saturated carbocycles. The van der Waals surface area contributed by atoms with Crippen LogP contribution < -0.4 is 16.0 Å². The predicted octanol–water partition coefficient (Wildman–Crippen LogP) is 2.06. The van der Waals surface area contributed by atoms with Crippen LogP contribution >= 0.6 is 0 Å². The Morgan fingerprint density at radius 2 is 2.24 bits per heavy atom. The van der Waals surface area contributed by atoms with Crippen molar-refractivity contribution in [3.05, 3.63) is 35.4 Å². The quantitative estimate of drug-likeness (QED) is 0.522. The third-order valence-electron chi connectivity index (χ3n) is 4.38. The van der Waals surface area contributed by atoms with E-state index < -0.39 is 0 Å². The highest BCUT2D eigenvalue weighted by molar-refractivity contribution is 5.94. The van der Waals surface area contributed by atoms with Gasteiger partial charge in [0.2, 0.25) is 0 Å². The van der Waals surface area contributed by atoms with Gasteiger partial charge in [-0.3, -0.25) is 9.79 Å². The lowest BCUT2D eigenvalue weighted by Gasteiger charge is -2.15. The summed E-state index contributed by atoms with van der Waals surface area (Å²) in [5.74, 6) is 0.710. The number of benzene rings is 1. The van der Waals surface area contributed by atoms with Crippen molar-refractivity contribution >= 4 is 11.9 Å². The summed E-state index contributed by atoms with van der Waals surface area (Å²) in [6.45, 7) is 6.28. The van der Waals surface area contributed by atoms with Crippen molar-refractivity contribution in [1.82, 2.24) is 16.0 Å². The molecule has 138 valence electrons. The maximum atomic E-state index is 12.2. The predicted molar refractivity (Wildman–Crippen MR) is 101 cm³/mol. The molecule has 1 heterocycles. The fraction of sp³-hybridized carbons (Fsp3) is 0.579. The summed E-state index contributed by atoms with van der Waals surface area (Å²) >= 11 is 0. The Kier molecular flexibility index (Phi) is 7.73. The topological polar surface area (TPSA) is 74.8 Å². The molecule has 6 heteroatoms. The minimum atomic E-state index is -0.0305. The molecule has 1 aromatic rings. The van der Waals surface area contributed by atoms with Gasteiger partial charge in [0, 0.05) is 38.3 Å². The Bertz CT molecular complexity index is 583. The minimum Gasteiger partial charge on any atom is -0.376 e. The number of carbonyl (C=O) groups excluding carboxylic acids is 1. The first-order chi connectivity index (χ1) is 12.1. The van der Waals surface area contributed by atoms with Gasteiger partial charge in [-0.15, -0.1) is 0 Å². The molecular formula is C19H30N4O2. The molecule has 1 amide bonds. The van der Waals surface area contributed by atoms with Gasteiger partial charge in [-0.05, 0) is 43.9 Å². The van der Waals surface area contributed by atoms with Gasteiger partial charge < -0.3 is 20.7 Å². The molecule has 1 aliphatic rings. The lowest BCUT2D eigenvalue weighted by Crippen LogP contribution is -2.40. The fourth-order valence-electron chi connectivity index (χ4n) is 2.65. The van der Waals surface area contributed by atoms with Crippen molar-refractivity contribution in [3.8, 4) is 0 Å². The van der Waals surface area contributed by atoms with E-state index in [0.717, 1.165) is 43.9 Å². The first kappa shape index (κ1) is 19.2. The summed E-state index contributed by atoms with van der Waals surface area (Å²) in [7, 11) is 1.75. The number of hydrogen-bond acceptors (Lipinski definition) is 3. The van der Waals surface area contributed by atoms with E-state index in [1.165, 1.54) is 0 Å². The molecule has 25 heavy (non-hydrogen) atoms. The second kappa shape index (κ2) is 10.0. The summed E-state index contributed by atoms with van der Waals surface area (Å²) in [4.78, 5) is 16.5. The van der Waals surface area contributed by atoms with Gasteiger partial charge in [0.1, 0.15) is 0 Å². The molecule has 6 nitrogen and oxygen atoms in total. The lowest BCUT2D eigenvalue weighted by molar-refractivity contribution is 0.0939. The Hall–Kier alpha value is -2.08. The van der Waals surface area contributed by atoms with Crippen LogP contribution in [0, 0.1) is 0 Å². The van der Waals surface area contributed by atoms with Crippen molar-refractivity contribution in [2.45, 2.75) is 51.8 Å². The zero-order valence-electron chi connectivity index (χ0n) is 15.5. The molecule has 0 radical (unpaired) electrons. The van der Waals surface area contributed by atoms with Gasteiger partial charge in [0.15, 0.2) is 5.96 Å². The second-order valence-electron chi connectivity index (χ2n) is 6.42. The molecule has 2 atom stereocenters. The van der Waals surface area contributed by atoms with Gasteiger partial charge in [0.05, 0.1) is 6.10 Å². The Labute approximate surface area is 150 Å². The fourth-order valence-corrected chi connectivity index (χ4v) is 2.65. The van der Waals surface area contributed by atoms with Crippen molar-refractivity contribution in [2.24, 2.45) is 4.99 Å². The molecule has 2 rings (SSSR count). The van der Waals surface area contributed by atoms with E-state index >= 15 is 0 Å². The molecule has 0 aliphatic carbocycles. The van der Waals surface area contributed by atoms with E-state index in [0.29, 0.717) is 12.1 Å². The Morgan fingerprint density at radius 3 is 2.92 bits per heavy atom. The van der Waals surface area contributed by atoms with Crippen molar-refractivity contribution in [3.63, 3.8) is 0 Å². The summed E-state index contributed by atoms with van der Waals surface area (Å²) in [5, 5.41) is 9.56. The van der Waals surface area contributed by atoms with Crippen molar-refractivity contribution in [2.75, 3.05) is 20.2 Å². The molecule has 3 N–H and O–H groups in total. The smallest absolute Gasteiger partial charge is 0.251 e. The van der Waals surface area contributed by atoms with Crippen LogP contribution in [0.2, 0.25) is 0 Å². The molecule has 1 aliphatic heterocycles. The number of hydrogen-bond donors (Lipinski definition) is 3. The van der Waals surface area contributed by atoms with Gasteiger partial charge in [-0.25, -0.2) is 0 Å². The van der Waals surface area contributed by atoms with E-state index in [4.69, 9.17) is 4.74 Å². The molecular weight excluding hydrogens is 316 g/mol. The number of ether oxygens (including phenoxy) is 1. The van der Waals surface area contributed by atoms with Crippen LogP contribution in [0.25, 0.3) is 0 Å². The standard InChI is InChI=1S/C19H30N4O2/c1-4-14(2)23-18(24)16-8-5-7-15(11-16)12-21-19(20-3)22-13-17-9-6-10-25-17/h5,7-8,11,14,17H,4,6,9-10,12-13H2,1-3H3,(H,23,24)(H2,20,21,22). The number of carbonyl (C=O) groups is 1. The van der Waals surface area contributed by atoms with Crippen LogP contribution in [-0.4, -0.2) is 44.2 Å². The molecule has 1 fully saturated rings. The summed E-state index contributed by atoms with van der Waals surface area (Å²) in [5.41, 5.74) is 1.72. The van der Waals surface area contributed by atoms with E-state index in [1.54, 1.807) is 7.05 Å². The third-order valence-corrected chi connectivity index (χ3v) is 4.38. The van der Waals surface area contributed by atoms with Crippen molar-refractivity contribution in [1.29, 1.82) is 0 Å². The zero-order valence-corrected chi connectivity index (χ0v) is 15.5. The average molecular weight is 346 g/mol. The highest BCUT2D eigenvalue weighted by atomic mass is 16.5. The number of aliphatic imine (C=N–C) groups is 1. The van der Waals surface area contributed by atoms with Crippen LogP contribution in [0.4, 0.5) is 0 Å². The van der Waals surface area contributed by atoms with E-state index in [9.17, 15) is 4.79 Å². The van der Waals surface area contributed by atoms with Crippen LogP contribution in [0.15, 0.2) is 29.3 Å². The summed E-state index contributed by atoms with van der Waals surface area (Å²) in [6.07, 6.45) is 3.41. The number of rotatable bonds is 7. The molecule has 0 bridgehead atoms. The monoisotopic (exact) mass is 346 g/mol. The summed E-state index contributed by atoms with van der Waals surface area (Å²) in [6, 6.07) is 7.84. The number of nitrogens with zero attached hydrogens (tertiary/aromatic N) is 1. The lowest BCUT2D eigenvalue weighted by atomic mass is 10.1. The number of amides is 1. The highest BCUT2D eigenvalue weighted by Gasteiger charge is 2.15. The van der Waals surface area contributed by atoms with Gasteiger partial charge in [-0.1, -0.05) is 19.1 Å². The van der Waals surface area contributed by atoms with E-state index in [1.807, 2.05) is 31.2 Å². The Balaban J connectivity index is 1.84. The SMILES string of the molecule is CCC(C)NC(=O)c1cccc(CNC(=NC)NCC2CCCO2)c1. The average Bonchev–Trinajstić information content (AvgIpc) is 3.15. The van der Waals surface area contributed by atoms with Crippen LogP contribution in [-0.2, 0) is 11.3 Å². The van der Waals surface area contributed by atoms with Crippen LogP contribution in [0.3, 0.4) is 0 Å². The third kappa shape index (κ3) is 6.38. The zero-order chi connectivity index (χ0) is 18.1. The largest absolute Gasteiger partial charge is 0.376 e. The molecule has 2 unspecified atom stereocenters. The van der Waals surface area contributed by atoms with Gasteiger partial charge in [0.25, 0.3) is 5.91 Å². The molecule has 0 aromatic heterocycles. The van der Waals surface area contributed by atoms with Crippen LogP contribution in [0.1, 0.15) is 49.0 Å². The molecule has 0 spiro atoms. The summed E-state index contributed by atoms with van der Waals surface area (Å²) < 4.78 is 5.60. The van der Waals surface area contributed by atoms with Crippen molar-refractivity contribution < 1.29 is 9.53 Å². The highest BCUT2D eigenvalue weighted by Crippen LogP contribution is 2.10. The minimum absolute atomic E-state index is 0.0305. The van der Waals surface area contributed by atoms with Gasteiger partial charge in [-0.2, -0.15) is 0 Å².